The second-order valence-electron chi connectivity index (χ2n) is 8.41. The third-order valence-electron chi connectivity index (χ3n) is 6.21. The monoisotopic (exact) mass is 488 g/mol. The number of carbonyl (C=O) groups is 2. The number of ether oxygens (including phenoxy) is 2. The Labute approximate surface area is 205 Å². The van der Waals surface area contributed by atoms with Crippen LogP contribution in [0.3, 0.4) is 0 Å². The lowest BCUT2D eigenvalue weighted by Crippen LogP contribution is -2.55. The van der Waals surface area contributed by atoms with Gasteiger partial charge in [-0.25, -0.2) is 0 Å². The molecular weight excluding hydrogens is 456 g/mol. The van der Waals surface area contributed by atoms with Crippen LogP contribution in [0.15, 0.2) is 42.5 Å². The van der Waals surface area contributed by atoms with Gasteiger partial charge in [0, 0.05) is 45.4 Å². The number of para-hydroxylation sites is 1. The Bertz CT molecular complexity index is 988. The smallest absolute Gasteiger partial charge is 0.255 e. The lowest BCUT2D eigenvalue weighted by molar-refractivity contribution is -0.118. The SMILES string of the molecule is COc1cc(N)c(Cl)cc1C(=O)N[C@@H]1CCN(CCCC(=O)N(C)c2ccccc2)C[C@@H]1OC. The minimum Gasteiger partial charge on any atom is -0.496 e. The standard InChI is InChI=1S/C25H33ClN4O4/c1-29(17-8-5-4-6-9-17)24(31)10-7-12-30-13-11-21(23(16-30)34-3)28-25(32)18-14-19(26)20(27)15-22(18)33-2/h4-6,8-9,14-15,21,23H,7,10-13,16,27H2,1-3H3,(H,28,32)/t21-,23+/m1/s1. The lowest BCUT2D eigenvalue weighted by Gasteiger charge is -2.38. The third-order valence-corrected chi connectivity index (χ3v) is 6.54. The minimum absolute atomic E-state index is 0.0905. The molecule has 2 amide bonds. The number of nitrogens with zero attached hydrogens (tertiary/aromatic N) is 2. The molecule has 1 fully saturated rings. The zero-order chi connectivity index (χ0) is 24.7. The zero-order valence-corrected chi connectivity index (χ0v) is 20.7. The minimum atomic E-state index is -0.284. The number of carbonyl (C=O) groups excluding carboxylic acids is 2. The molecule has 8 nitrogen and oxygen atoms in total. The predicted molar refractivity (Wildman–Crippen MR) is 135 cm³/mol. The number of rotatable bonds is 9. The van der Waals surface area contributed by atoms with Crippen LogP contribution < -0.4 is 20.7 Å². The van der Waals surface area contributed by atoms with Crippen LogP contribution in [0.2, 0.25) is 5.02 Å². The van der Waals surface area contributed by atoms with Crippen LogP contribution >= 0.6 is 11.6 Å². The molecule has 0 radical (unpaired) electrons. The largest absolute Gasteiger partial charge is 0.496 e. The molecule has 0 aliphatic carbocycles. The Kier molecular flexibility index (Phi) is 9.15. The van der Waals surface area contributed by atoms with Crippen molar-refractivity contribution in [2.45, 2.75) is 31.4 Å². The summed E-state index contributed by atoms with van der Waals surface area (Å²) in [5.74, 6) is 0.178. The molecule has 0 bridgehead atoms. The third kappa shape index (κ3) is 6.40. The molecule has 1 heterocycles. The van der Waals surface area contributed by atoms with Crippen molar-refractivity contribution in [1.82, 2.24) is 10.2 Å². The summed E-state index contributed by atoms with van der Waals surface area (Å²) in [7, 11) is 4.93. The number of halogens is 1. The molecule has 1 saturated heterocycles. The molecule has 0 aromatic heterocycles. The Balaban J connectivity index is 1.50. The number of amides is 2. The number of nitrogens with two attached hydrogens (primary N) is 1. The Morgan fingerprint density at radius 3 is 2.65 bits per heavy atom. The number of methoxy groups -OCH3 is 2. The molecule has 2 aromatic rings. The number of hydrogen-bond acceptors (Lipinski definition) is 6. The van der Waals surface area contributed by atoms with Gasteiger partial charge in [-0.15, -0.1) is 0 Å². The van der Waals surface area contributed by atoms with Crippen molar-refractivity contribution in [3.8, 4) is 5.75 Å². The molecule has 3 rings (SSSR count). The van der Waals surface area contributed by atoms with Crippen LogP contribution in [0.4, 0.5) is 11.4 Å². The van der Waals surface area contributed by atoms with Crippen LogP contribution in [-0.2, 0) is 9.53 Å². The molecular formula is C25H33ClN4O4. The highest BCUT2D eigenvalue weighted by molar-refractivity contribution is 6.33. The van der Waals surface area contributed by atoms with Crippen LogP contribution in [-0.4, -0.2) is 69.8 Å². The molecule has 9 heteroatoms. The van der Waals surface area contributed by atoms with Crippen LogP contribution in [0.5, 0.6) is 5.75 Å². The van der Waals surface area contributed by atoms with Crippen molar-refractivity contribution in [2.24, 2.45) is 0 Å². The predicted octanol–water partition coefficient (Wildman–Crippen LogP) is 3.19. The van der Waals surface area contributed by atoms with Gasteiger partial charge >= 0.3 is 0 Å². The number of nitrogen functional groups attached to an aromatic ring is 1. The van der Waals surface area contributed by atoms with Gasteiger partial charge in [0.05, 0.1) is 35.5 Å². The van der Waals surface area contributed by atoms with E-state index in [-0.39, 0.29) is 24.0 Å². The van der Waals surface area contributed by atoms with Crippen molar-refractivity contribution in [1.29, 1.82) is 0 Å². The summed E-state index contributed by atoms with van der Waals surface area (Å²) < 4.78 is 11.0. The van der Waals surface area contributed by atoms with E-state index in [0.717, 1.165) is 31.6 Å². The van der Waals surface area contributed by atoms with E-state index in [1.165, 1.54) is 13.2 Å². The highest BCUT2D eigenvalue weighted by Crippen LogP contribution is 2.29. The van der Waals surface area contributed by atoms with Gasteiger partial charge in [0.25, 0.3) is 5.91 Å². The number of anilines is 2. The van der Waals surface area contributed by atoms with Crippen molar-refractivity contribution in [3.05, 3.63) is 53.1 Å². The molecule has 0 saturated carbocycles. The first kappa shape index (κ1) is 25.8. The molecule has 3 N–H and O–H groups in total. The van der Waals surface area contributed by atoms with Gasteiger partial charge in [0.15, 0.2) is 0 Å². The number of hydrogen-bond donors (Lipinski definition) is 2. The fraction of sp³-hybridized carbons (Fsp3) is 0.440. The van der Waals surface area contributed by atoms with Crippen molar-refractivity contribution < 1.29 is 19.1 Å². The van der Waals surface area contributed by atoms with E-state index < -0.39 is 0 Å². The van der Waals surface area contributed by atoms with E-state index in [1.807, 2.05) is 30.3 Å². The van der Waals surface area contributed by atoms with E-state index in [9.17, 15) is 9.59 Å². The van der Waals surface area contributed by atoms with Gasteiger partial charge in [-0.05, 0) is 37.6 Å². The summed E-state index contributed by atoms with van der Waals surface area (Å²) in [5.41, 5.74) is 7.40. The Morgan fingerprint density at radius 2 is 1.97 bits per heavy atom. The van der Waals surface area contributed by atoms with Crippen molar-refractivity contribution >= 4 is 34.8 Å². The highest BCUT2D eigenvalue weighted by Gasteiger charge is 2.31. The van der Waals surface area contributed by atoms with E-state index in [0.29, 0.717) is 35.0 Å². The molecule has 2 aromatic carbocycles. The van der Waals surface area contributed by atoms with E-state index in [2.05, 4.69) is 10.2 Å². The number of nitrogens with one attached hydrogen (secondary N) is 1. The van der Waals surface area contributed by atoms with Gasteiger partial charge < -0.3 is 30.3 Å². The molecule has 0 unspecified atom stereocenters. The van der Waals surface area contributed by atoms with Crippen molar-refractivity contribution in [2.75, 3.05) is 51.5 Å². The zero-order valence-electron chi connectivity index (χ0n) is 19.9. The first-order valence-corrected chi connectivity index (χ1v) is 11.7. The molecule has 2 atom stereocenters. The Morgan fingerprint density at radius 1 is 1.24 bits per heavy atom. The van der Waals surface area contributed by atoms with Gasteiger partial charge in [-0.3, -0.25) is 9.59 Å². The van der Waals surface area contributed by atoms with Crippen molar-refractivity contribution in [3.63, 3.8) is 0 Å². The average molecular weight is 489 g/mol. The Hall–Kier alpha value is -2.81. The molecule has 184 valence electrons. The van der Waals surface area contributed by atoms with Crippen LogP contribution in [0.25, 0.3) is 0 Å². The summed E-state index contributed by atoms with van der Waals surface area (Å²) in [6.45, 7) is 2.26. The summed E-state index contributed by atoms with van der Waals surface area (Å²) >= 11 is 6.11. The van der Waals surface area contributed by atoms with Gasteiger partial charge in [0.2, 0.25) is 5.91 Å². The summed E-state index contributed by atoms with van der Waals surface area (Å²) in [6.07, 6.45) is 1.78. The highest BCUT2D eigenvalue weighted by atomic mass is 35.5. The number of piperidine rings is 1. The molecule has 1 aliphatic rings. The maximum absolute atomic E-state index is 12.9. The molecule has 0 spiro atoms. The van der Waals surface area contributed by atoms with E-state index in [1.54, 1.807) is 25.1 Å². The number of benzene rings is 2. The quantitative estimate of drug-likeness (QED) is 0.526. The first-order valence-electron chi connectivity index (χ1n) is 11.3. The second kappa shape index (κ2) is 12.1. The van der Waals surface area contributed by atoms with Crippen LogP contribution in [0.1, 0.15) is 29.6 Å². The fourth-order valence-electron chi connectivity index (χ4n) is 4.17. The van der Waals surface area contributed by atoms with Crippen LogP contribution in [0, 0.1) is 0 Å². The average Bonchev–Trinajstić information content (AvgIpc) is 2.85. The summed E-state index contributed by atoms with van der Waals surface area (Å²) in [4.78, 5) is 29.4. The molecule has 1 aliphatic heterocycles. The van der Waals surface area contributed by atoms with E-state index >= 15 is 0 Å². The first-order chi connectivity index (χ1) is 16.3. The lowest BCUT2D eigenvalue weighted by atomic mass is 10.0. The normalized spacial score (nSPS) is 18.4. The van der Waals surface area contributed by atoms with E-state index in [4.69, 9.17) is 26.8 Å². The molecule has 34 heavy (non-hydrogen) atoms. The maximum Gasteiger partial charge on any atom is 0.255 e. The second-order valence-corrected chi connectivity index (χ2v) is 8.82. The topological polar surface area (TPSA) is 97.1 Å². The van der Waals surface area contributed by atoms with Gasteiger partial charge in [-0.1, -0.05) is 29.8 Å². The number of likely N-dealkylation sites (tertiary alicyclic amines) is 1. The van der Waals surface area contributed by atoms with Gasteiger partial charge in [-0.2, -0.15) is 0 Å². The summed E-state index contributed by atoms with van der Waals surface area (Å²) in [6, 6.07) is 12.5. The van der Waals surface area contributed by atoms with Gasteiger partial charge in [0.1, 0.15) is 5.75 Å². The maximum atomic E-state index is 12.9. The fourth-order valence-corrected chi connectivity index (χ4v) is 4.33. The summed E-state index contributed by atoms with van der Waals surface area (Å²) in [5, 5.41) is 3.36.